The van der Waals surface area contributed by atoms with Gasteiger partial charge in [-0.2, -0.15) is 0 Å². The number of hydrogen-bond donors (Lipinski definition) is 2. The molecular formula is C20H32N2O4. The van der Waals surface area contributed by atoms with Crippen molar-refractivity contribution in [2.75, 3.05) is 26.7 Å². The number of aliphatic hydroxyl groups is 1. The van der Waals surface area contributed by atoms with Crippen molar-refractivity contribution in [3.8, 4) is 11.5 Å². The lowest BCUT2D eigenvalue weighted by atomic mass is 10.1. The third-order valence-electron chi connectivity index (χ3n) is 4.90. The summed E-state index contributed by atoms with van der Waals surface area (Å²) in [6.45, 7) is 8.56. The molecule has 1 amide bonds. The summed E-state index contributed by atoms with van der Waals surface area (Å²) in [5.74, 6) is 1.00. The molecule has 0 saturated carbocycles. The zero-order chi connectivity index (χ0) is 19.1. The molecule has 1 aliphatic rings. The van der Waals surface area contributed by atoms with Crippen LogP contribution in [0.1, 0.15) is 50.4 Å². The fraction of sp³-hybridized carbons (Fsp3) is 0.650. The van der Waals surface area contributed by atoms with Gasteiger partial charge in [-0.25, -0.2) is 0 Å². The summed E-state index contributed by atoms with van der Waals surface area (Å²) < 4.78 is 11.6. The van der Waals surface area contributed by atoms with E-state index in [1.165, 1.54) is 0 Å². The van der Waals surface area contributed by atoms with E-state index in [0.717, 1.165) is 25.9 Å². The van der Waals surface area contributed by atoms with Crippen LogP contribution >= 0.6 is 0 Å². The van der Waals surface area contributed by atoms with Crippen LogP contribution < -0.4 is 14.8 Å². The van der Waals surface area contributed by atoms with Gasteiger partial charge in [-0.05, 0) is 51.3 Å². The number of ether oxygens (including phenoxy) is 2. The maximum Gasteiger partial charge on any atom is 0.251 e. The van der Waals surface area contributed by atoms with Gasteiger partial charge in [-0.3, -0.25) is 4.79 Å². The number of hydrogen-bond acceptors (Lipinski definition) is 5. The van der Waals surface area contributed by atoms with Crippen molar-refractivity contribution in [2.24, 2.45) is 0 Å². The molecule has 0 aromatic heterocycles. The molecule has 26 heavy (non-hydrogen) atoms. The molecule has 1 saturated heterocycles. The van der Waals surface area contributed by atoms with Gasteiger partial charge >= 0.3 is 0 Å². The SMILES string of the molecule is CC[C@H](O)CNC(=O)c1ccc(OC)c(OC2CCN(C(C)C)CC2)c1. The molecule has 1 aromatic rings. The first-order valence-electron chi connectivity index (χ1n) is 9.49. The number of methoxy groups -OCH3 is 1. The predicted octanol–water partition coefficient (Wildman–Crippen LogP) is 2.45. The molecule has 6 heteroatoms. The van der Waals surface area contributed by atoms with Gasteiger partial charge in [0, 0.05) is 31.2 Å². The fourth-order valence-electron chi connectivity index (χ4n) is 3.06. The summed E-state index contributed by atoms with van der Waals surface area (Å²) in [6.07, 6.45) is 2.12. The van der Waals surface area contributed by atoms with E-state index in [9.17, 15) is 9.90 Å². The maximum absolute atomic E-state index is 12.3. The van der Waals surface area contributed by atoms with E-state index in [2.05, 4.69) is 24.1 Å². The number of nitrogens with one attached hydrogen (secondary N) is 1. The Bertz CT molecular complexity index is 583. The van der Waals surface area contributed by atoms with E-state index < -0.39 is 6.10 Å². The molecule has 146 valence electrons. The normalized spacial score (nSPS) is 17.2. The minimum absolute atomic E-state index is 0.124. The van der Waals surface area contributed by atoms with Gasteiger partial charge in [-0.15, -0.1) is 0 Å². The predicted molar refractivity (Wildman–Crippen MR) is 102 cm³/mol. The second-order valence-electron chi connectivity index (χ2n) is 7.08. The number of aliphatic hydroxyl groups excluding tert-OH is 1. The molecule has 6 nitrogen and oxygen atoms in total. The van der Waals surface area contributed by atoms with Crippen LogP contribution in [0.5, 0.6) is 11.5 Å². The van der Waals surface area contributed by atoms with E-state index >= 15 is 0 Å². The lowest BCUT2D eigenvalue weighted by molar-refractivity contribution is 0.0817. The highest BCUT2D eigenvalue weighted by atomic mass is 16.5. The van der Waals surface area contributed by atoms with Gasteiger partial charge < -0.3 is 24.8 Å². The fourth-order valence-corrected chi connectivity index (χ4v) is 3.06. The molecule has 0 bridgehead atoms. The van der Waals surface area contributed by atoms with Crippen molar-refractivity contribution >= 4 is 5.91 Å². The number of nitrogens with zero attached hydrogens (tertiary/aromatic N) is 1. The number of piperidine rings is 1. The molecule has 0 radical (unpaired) electrons. The zero-order valence-corrected chi connectivity index (χ0v) is 16.3. The van der Waals surface area contributed by atoms with Crippen molar-refractivity contribution in [1.29, 1.82) is 0 Å². The van der Waals surface area contributed by atoms with Gasteiger partial charge in [0.2, 0.25) is 0 Å². The number of carbonyl (C=O) groups excluding carboxylic acids is 1. The molecule has 0 aliphatic carbocycles. The van der Waals surface area contributed by atoms with E-state index in [1.807, 2.05) is 6.92 Å². The molecule has 0 unspecified atom stereocenters. The Hall–Kier alpha value is -1.79. The molecule has 1 aliphatic heterocycles. The summed E-state index contributed by atoms with van der Waals surface area (Å²) in [5, 5.41) is 12.3. The molecule has 0 spiro atoms. The van der Waals surface area contributed by atoms with E-state index in [0.29, 0.717) is 29.5 Å². The topological polar surface area (TPSA) is 71.0 Å². The van der Waals surface area contributed by atoms with Crippen LogP contribution in [0.25, 0.3) is 0 Å². The molecule has 1 fully saturated rings. The van der Waals surface area contributed by atoms with Crippen LogP contribution in [-0.2, 0) is 0 Å². The van der Waals surface area contributed by atoms with Gasteiger partial charge in [-0.1, -0.05) is 6.92 Å². The summed E-state index contributed by atoms with van der Waals surface area (Å²) in [4.78, 5) is 14.7. The number of likely N-dealkylation sites (tertiary alicyclic amines) is 1. The van der Waals surface area contributed by atoms with Crippen LogP contribution in [-0.4, -0.2) is 60.9 Å². The van der Waals surface area contributed by atoms with Crippen molar-refractivity contribution in [3.63, 3.8) is 0 Å². The van der Waals surface area contributed by atoms with E-state index in [4.69, 9.17) is 9.47 Å². The highest BCUT2D eigenvalue weighted by Crippen LogP contribution is 2.31. The Kier molecular flexibility index (Phi) is 7.72. The van der Waals surface area contributed by atoms with Crippen molar-refractivity contribution in [3.05, 3.63) is 23.8 Å². The van der Waals surface area contributed by atoms with Crippen LogP contribution in [0.3, 0.4) is 0 Å². The smallest absolute Gasteiger partial charge is 0.251 e. The van der Waals surface area contributed by atoms with Crippen LogP contribution in [0, 0.1) is 0 Å². The molecule has 1 atom stereocenters. The Morgan fingerprint density at radius 3 is 2.58 bits per heavy atom. The lowest BCUT2D eigenvalue weighted by Gasteiger charge is -2.34. The number of amides is 1. The Labute approximate surface area is 156 Å². The second kappa shape index (κ2) is 9.78. The lowest BCUT2D eigenvalue weighted by Crippen LogP contribution is -2.41. The van der Waals surface area contributed by atoms with Gasteiger partial charge in [0.05, 0.1) is 13.2 Å². The first kappa shape index (κ1) is 20.5. The van der Waals surface area contributed by atoms with Crippen molar-refractivity contribution < 1.29 is 19.4 Å². The minimum atomic E-state index is -0.529. The molecule has 2 rings (SSSR count). The Balaban J connectivity index is 2.02. The quantitative estimate of drug-likeness (QED) is 0.741. The molecule has 1 aromatic carbocycles. The van der Waals surface area contributed by atoms with Gasteiger partial charge in [0.15, 0.2) is 11.5 Å². The van der Waals surface area contributed by atoms with Crippen LogP contribution in [0.2, 0.25) is 0 Å². The van der Waals surface area contributed by atoms with Gasteiger partial charge in [0.25, 0.3) is 5.91 Å². The maximum atomic E-state index is 12.3. The van der Waals surface area contributed by atoms with Crippen LogP contribution in [0.15, 0.2) is 18.2 Å². The van der Waals surface area contributed by atoms with Gasteiger partial charge in [0.1, 0.15) is 6.10 Å². The van der Waals surface area contributed by atoms with Crippen molar-refractivity contribution in [1.82, 2.24) is 10.2 Å². The summed E-state index contributed by atoms with van der Waals surface area (Å²) >= 11 is 0. The third kappa shape index (κ3) is 5.61. The summed E-state index contributed by atoms with van der Waals surface area (Å²) in [7, 11) is 1.60. The first-order valence-corrected chi connectivity index (χ1v) is 9.49. The third-order valence-corrected chi connectivity index (χ3v) is 4.90. The highest BCUT2D eigenvalue weighted by molar-refractivity contribution is 5.94. The average molecular weight is 364 g/mol. The largest absolute Gasteiger partial charge is 0.493 e. The monoisotopic (exact) mass is 364 g/mol. The minimum Gasteiger partial charge on any atom is -0.493 e. The second-order valence-corrected chi connectivity index (χ2v) is 7.08. The summed E-state index contributed by atoms with van der Waals surface area (Å²) in [5.41, 5.74) is 0.503. The first-order chi connectivity index (χ1) is 12.4. The van der Waals surface area contributed by atoms with Crippen molar-refractivity contribution in [2.45, 2.75) is 58.3 Å². The standard InChI is InChI=1S/C20H32N2O4/c1-5-16(23)13-21-20(24)15-6-7-18(25-4)19(12-15)26-17-8-10-22(11-9-17)14(2)3/h6-7,12,14,16-17,23H,5,8-11,13H2,1-4H3,(H,21,24)/t16-/m0/s1. The molecular weight excluding hydrogens is 332 g/mol. The Morgan fingerprint density at radius 1 is 1.31 bits per heavy atom. The number of benzene rings is 1. The van der Waals surface area contributed by atoms with Crippen LogP contribution in [0.4, 0.5) is 0 Å². The summed E-state index contributed by atoms with van der Waals surface area (Å²) in [6, 6.07) is 5.74. The Morgan fingerprint density at radius 2 is 2.00 bits per heavy atom. The highest BCUT2D eigenvalue weighted by Gasteiger charge is 2.23. The molecule has 2 N–H and O–H groups in total. The zero-order valence-electron chi connectivity index (χ0n) is 16.3. The number of rotatable bonds is 8. The van der Waals surface area contributed by atoms with E-state index in [-0.39, 0.29) is 18.6 Å². The molecule has 1 heterocycles. The number of carbonyl (C=O) groups is 1. The average Bonchev–Trinajstić information content (AvgIpc) is 2.66. The van der Waals surface area contributed by atoms with E-state index in [1.54, 1.807) is 25.3 Å².